The maximum absolute atomic E-state index is 11.8. The summed E-state index contributed by atoms with van der Waals surface area (Å²) in [5.74, 6) is 0.00259. The maximum Gasteiger partial charge on any atom is 0.239 e. The Morgan fingerprint density at radius 2 is 1.84 bits per heavy atom. The van der Waals surface area contributed by atoms with Crippen LogP contribution in [0, 0.1) is 0 Å². The first-order chi connectivity index (χ1) is 8.78. The highest BCUT2D eigenvalue weighted by Gasteiger charge is 2.19. The van der Waals surface area contributed by atoms with Crippen molar-refractivity contribution in [3.05, 3.63) is 0 Å². The fourth-order valence-corrected chi connectivity index (χ4v) is 2.51. The van der Waals surface area contributed by atoms with E-state index in [1.807, 2.05) is 32.7 Å². The van der Waals surface area contributed by atoms with Gasteiger partial charge in [0.15, 0.2) is 5.11 Å². The molecule has 1 aliphatic rings. The predicted molar refractivity (Wildman–Crippen MR) is 83.1 cm³/mol. The highest BCUT2D eigenvalue weighted by Crippen LogP contribution is 2.17. The zero-order chi connectivity index (χ0) is 14.5. The van der Waals surface area contributed by atoms with Crippen LogP contribution in [0.2, 0.25) is 0 Å². The lowest BCUT2D eigenvalue weighted by atomic mass is 9.96. The molecule has 0 radical (unpaired) electrons. The topological polar surface area (TPSA) is 44.4 Å². The summed E-state index contributed by atoms with van der Waals surface area (Å²) in [7, 11) is 1.86. The highest BCUT2D eigenvalue weighted by molar-refractivity contribution is 7.80. The Labute approximate surface area is 122 Å². The summed E-state index contributed by atoms with van der Waals surface area (Å²) in [5.41, 5.74) is -0.198. The second kappa shape index (κ2) is 7.08. The lowest BCUT2D eigenvalue weighted by Crippen LogP contribution is -2.49. The molecule has 5 heteroatoms. The third-order valence-electron chi connectivity index (χ3n) is 3.17. The molecule has 1 aliphatic carbocycles. The number of carbonyl (C=O) groups excluding carboxylic acids is 1. The Balaban J connectivity index is 2.33. The number of nitrogens with zero attached hydrogens (tertiary/aromatic N) is 1. The molecule has 1 fully saturated rings. The molecular weight excluding hydrogens is 258 g/mol. The van der Waals surface area contributed by atoms with Crippen molar-refractivity contribution in [2.45, 2.75) is 64.5 Å². The molecule has 0 aliphatic heterocycles. The van der Waals surface area contributed by atoms with Gasteiger partial charge in [-0.05, 0) is 45.8 Å². The lowest BCUT2D eigenvalue weighted by molar-refractivity contribution is -0.122. The van der Waals surface area contributed by atoms with Crippen molar-refractivity contribution in [3.8, 4) is 0 Å². The van der Waals surface area contributed by atoms with E-state index in [0.29, 0.717) is 17.7 Å². The van der Waals surface area contributed by atoms with E-state index in [0.717, 1.165) is 0 Å². The minimum absolute atomic E-state index is 0.00259. The van der Waals surface area contributed by atoms with Crippen LogP contribution in [-0.2, 0) is 4.79 Å². The van der Waals surface area contributed by atoms with Crippen molar-refractivity contribution in [1.82, 2.24) is 15.5 Å². The fraction of sp³-hybridized carbons (Fsp3) is 0.857. The first-order valence-electron chi connectivity index (χ1n) is 7.10. The highest BCUT2D eigenvalue weighted by atomic mass is 32.1. The molecule has 0 atom stereocenters. The van der Waals surface area contributed by atoms with Gasteiger partial charge in [-0.3, -0.25) is 4.79 Å². The fourth-order valence-electron chi connectivity index (χ4n) is 2.28. The van der Waals surface area contributed by atoms with Crippen molar-refractivity contribution >= 4 is 23.2 Å². The number of likely N-dealkylation sites (N-methyl/N-ethyl adjacent to an activating group) is 1. The minimum atomic E-state index is -0.198. The zero-order valence-electron chi connectivity index (χ0n) is 12.6. The normalized spacial score (nSPS) is 16.8. The van der Waals surface area contributed by atoms with Crippen LogP contribution in [-0.4, -0.2) is 41.1 Å². The second-order valence-electron chi connectivity index (χ2n) is 6.44. The van der Waals surface area contributed by atoms with E-state index in [9.17, 15) is 4.79 Å². The number of rotatable bonds is 3. The van der Waals surface area contributed by atoms with E-state index in [4.69, 9.17) is 12.2 Å². The van der Waals surface area contributed by atoms with Gasteiger partial charge in [0.25, 0.3) is 0 Å². The van der Waals surface area contributed by atoms with Gasteiger partial charge in [-0.2, -0.15) is 0 Å². The molecule has 0 aromatic carbocycles. The molecule has 1 amide bonds. The van der Waals surface area contributed by atoms with Gasteiger partial charge in [-0.1, -0.05) is 19.3 Å². The van der Waals surface area contributed by atoms with E-state index in [-0.39, 0.29) is 11.4 Å². The standard InChI is InChI=1S/C14H27N3OS/c1-14(2,3)16-12(18)10-17(4)13(19)15-11-8-6-5-7-9-11/h11H,5-10H2,1-4H3,(H,15,19)(H,16,18). The predicted octanol–water partition coefficient (Wildman–Crippen LogP) is 2.04. The summed E-state index contributed by atoms with van der Waals surface area (Å²) in [4.78, 5) is 13.6. The second-order valence-corrected chi connectivity index (χ2v) is 6.83. The molecule has 0 unspecified atom stereocenters. The van der Waals surface area contributed by atoms with Crippen molar-refractivity contribution in [2.24, 2.45) is 0 Å². The van der Waals surface area contributed by atoms with Gasteiger partial charge in [0, 0.05) is 18.6 Å². The summed E-state index contributed by atoms with van der Waals surface area (Å²) < 4.78 is 0. The molecule has 0 saturated heterocycles. The van der Waals surface area contributed by atoms with Crippen LogP contribution in [0.3, 0.4) is 0 Å². The van der Waals surface area contributed by atoms with Gasteiger partial charge < -0.3 is 15.5 Å². The molecule has 2 N–H and O–H groups in total. The van der Waals surface area contributed by atoms with Crippen molar-refractivity contribution in [2.75, 3.05) is 13.6 Å². The molecule has 0 aromatic rings. The Hall–Kier alpha value is -0.840. The molecule has 19 heavy (non-hydrogen) atoms. The Bertz CT molecular complexity index is 319. The summed E-state index contributed by atoms with van der Waals surface area (Å²) in [5, 5.41) is 6.98. The quantitative estimate of drug-likeness (QED) is 0.779. The molecule has 1 saturated carbocycles. The van der Waals surface area contributed by atoms with Gasteiger partial charge in [-0.15, -0.1) is 0 Å². The van der Waals surface area contributed by atoms with Crippen LogP contribution in [0.15, 0.2) is 0 Å². The zero-order valence-corrected chi connectivity index (χ0v) is 13.4. The van der Waals surface area contributed by atoms with E-state index in [2.05, 4.69) is 10.6 Å². The number of nitrogens with one attached hydrogen (secondary N) is 2. The van der Waals surface area contributed by atoms with E-state index in [1.54, 1.807) is 0 Å². The molecule has 0 bridgehead atoms. The largest absolute Gasteiger partial charge is 0.360 e. The van der Waals surface area contributed by atoms with Gasteiger partial charge in [0.05, 0.1) is 6.54 Å². The van der Waals surface area contributed by atoms with Crippen LogP contribution < -0.4 is 10.6 Å². The van der Waals surface area contributed by atoms with Gasteiger partial charge in [0.2, 0.25) is 5.91 Å². The van der Waals surface area contributed by atoms with Crippen molar-refractivity contribution in [3.63, 3.8) is 0 Å². The third-order valence-corrected chi connectivity index (χ3v) is 3.60. The average Bonchev–Trinajstić information content (AvgIpc) is 2.27. The van der Waals surface area contributed by atoms with Gasteiger partial charge in [-0.25, -0.2) is 0 Å². The molecule has 4 nitrogen and oxygen atoms in total. The number of amides is 1. The van der Waals surface area contributed by atoms with Gasteiger partial charge in [0.1, 0.15) is 0 Å². The summed E-state index contributed by atoms with van der Waals surface area (Å²) >= 11 is 5.35. The number of hydrogen-bond acceptors (Lipinski definition) is 2. The minimum Gasteiger partial charge on any atom is -0.360 e. The molecule has 0 heterocycles. The van der Waals surface area contributed by atoms with Crippen molar-refractivity contribution in [1.29, 1.82) is 0 Å². The van der Waals surface area contributed by atoms with E-state index < -0.39 is 0 Å². The van der Waals surface area contributed by atoms with Crippen molar-refractivity contribution < 1.29 is 4.79 Å². The van der Waals surface area contributed by atoms with Crippen LogP contribution in [0.1, 0.15) is 52.9 Å². The van der Waals surface area contributed by atoms with Crippen LogP contribution in [0.5, 0.6) is 0 Å². The van der Waals surface area contributed by atoms with Crippen LogP contribution >= 0.6 is 12.2 Å². The third kappa shape index (κ3) is 6.76. The van der Waals surface area contributed by atoms with E-state index >= 15 is 0 Å². The Morgan fingerprint density at radius 1 is 1.26 bits per heavy atom. The molecule has 1 rings (SSSR count). The maximum atomic E-state index is 11.8. The molecule has 110 valence electrons. The molecular formula is C14H27N3OS. The Morgan fingerprint density at radius 3 is 2.37 bits per heavy atom. The monoisotopic (exact) mass is 285 g/mol. The summed E-state index contributed by atoms with van der Waals surface area (Å²) in [6.07, 6.45) is 6.24. The SMILES string of the molecule is CN(CC(=O)NC(C)(C)C)C(=S)NC1CCCCC1. The number of thiocarbonyl (C=S) groups is 1. The summed E-state index contributed by atoms with van der Waals surface area (Å²) in [6.45, 7) is 6.23. The average molecular weight is 285 g/mol. The lowest BCUT2D eigenvalue weighted by Gasteiger charge is -2.29. The van der Waals surface area contributed by atoms with Gasteiger partial charge >= 0.3 is 0 Å². The molecule has 0 spiro atoms. The smallest absolute Gasteiger partial charge is 0.239 e. The molecule has 0 aromatic heterocycles. The first-order valence-corrected chi connectivity index (χ1v) is 7.51. The number of carbonyl (C=O) groups is 1. The van der Waals surface area contributed by atoms with Crippen LogP contribution in [0.25, 0.3) is 0 Å². The Kier molecular flexibility index (Phi) is 6.04. The summed E-state index contributed by atoms with van der Waals surface area (Å²) in [6, 6.07) is 0.481. The number of hydrogen-bond donors (Lipinski definition) is 2. The first kappa shape index (κ1) is 16.2. The van der Waals surface area contributed by atoms with Crippen LogP contribution in [0.4, 0.5) is 0 Å². The van der Waals surface area contributed by atoms with E-state index in [1.165, 1.54) is 32.1 Å².